The lowest BCUT2D eigenvalue weighted by Gasteiger charge is -2.33. The number of hydrogen-bond acceptors (Lipinski definition) is 3. The number of aromatic nitrogens is 1. The number of fused-ring (bicyclic) bond motifs is 5. The second-order valence-corrected chi connectivity index (χ2v) is 6.31. The average Bonchev–Trinajstić information content (AvgIpc) is 2.69. The van der Waals surface area contributed by atoms with E-state index < -0.39 is 5.97 Å². The molecule has 0 radical (unpaired) electrons. The highest BCUT2D eigenvalue weighted by Crippen LogP contribution is 2.45. The van der Waals surface area contributed by atoms with Crippen molar-refractivity contribution in [1.29, 1.82) is 0 Å². The predicted molar refractivity (Wildman–Crippen MR) is 80.9 cm³/mol. The fraction of sp³-hybridized carbons (Fsp3) is 0.375. The van der Waals surface area contributed by atoms with Gasteiger partial charge in [-0.15, -0.1) is 0 Å². The molecule has 0 saturated carbocycles. The molecule has 1 aromatic heterocycles. The molecule has 0 aliphatic carbocycles. The zero-order valence-electron chi connectivity index (χ0n) is 11.6. The van der Waals surface area contributed by atoms with Crippen LogP contribution in [0, 0.1) is 0 Å². The summed E-state index contributed by atoms with van der Waals surface area (Å²) < 4.78 is 0. The number of carboxylic acids is 1. The van der Waals surface area contributed by atoms with Crippen molar-refractivity contribution in [3.8, 4) is 0 Å². The van der Waals surface area contributed by atoms with Crippen molar-refractivity contribution in [2.24, 2.45) is 0 Å². The van der Waals surface area contributed by atoms with Crippen molar-refractivity contribution in [2.75, 3.05) is 7.05 Å². The summed E-state index contributed by atoms with van der Waals surface area (Å²) in [6, 6.07) is 5.99. The number of nitrogens with zero attached hydrogens (tertiary/aromatic N) is 2. The number of hydrogen-bond donors (Lipinski definition) is 1. The van der Waals surface area contributed by atoms with Gasteiger partial charge in [0.15, 0.2) is 0 Å². The van der Waals surface area contributed by atoms with Crippen LogP contribution >= 0.6 is 11.6 Å². The number of para-hydroxylation sites is 1. The van der Waals surface area contributed by atoms with Crippen LogP contribution in [-0.2, 0) is 6.42 Å². The number of likely N-dealkylation sites (N-methyl/N-ethyl adjacent to an activating group) is 1. The minimum Gasteiger partial charge on any atom is -0.478 e. The Balaban J connectivity index is 2.11. The Bertz CT molecular complexity index is 774. The van der Waals surface area contributed by atoms with Gasteiger partial charge in [-0.1, -0.05) is 23.7 Å². The van der Waals surface area contributed by atoms with E-state index in [0.717, 1.165) is 30.5 Å². The fourth-order valence-corrected chi connectivity index (χ4v) is 4.11. The van der Waals surface area contributed by atoms with Gasteiger partial charge in [0.25, 0.3) is 0 Å². The molecule has 1 fully saturated rings. The molecule has 2 aromatic rings. The molecule has 2 aliphatic heterocycles. The SMILES string of the molecule is CN1C2CCC1c1c(nc3c(Cl)cccc3c1C(=O)O)C2. The van der Waals surface area contributed by atoms with Crippen LogP contribution in [0.5, 0.6) is 0 Å². The molecule has 1 aromatic carbocycles. The lowest BCUT2D eigenvalue weighted by Crippen LogP contribution is -2.35. The van der Waals surface area contributed by atoms with E-state index in [1.54, 1.807) is 18.2 Å². The van der Waals surface area contributed by atoms with Crippen LogP contribution in [-0.4, -0.2) is 34.0 Å². The largest absolute Gasteiger partial charge is 0.478 e. The molecule has 108 valence electrons. The van der Waals surface area contributed by atoms with Crippen LogP contribution in [0.3, 0.4) is 0 Å². The van der Waals surface area contributed by atoms with Crippen molar-refractivity contribution in [3.63, 3.8) is 0 Å². The van der Waals surface area contributed by atoms with Gasteiger partial charge in [0, 0.05) is 35.1 Å². The van der Waals surface area contributed by atoms with Crippen LogP contribution < -0.4 is 0 Å². The number of pyridine rings is 1. The number of halogens is 1. The van der Waals surface area contributed by atoms with Crippen molar-refractivity contribution >= 4 is 28.5 Å². The highest BCUT2D eigenvalue weighted by molar-refractivity contribution is 6.35. The van der Waals surface area contributed by atoms with Crippen LogP contribution in [0.4, 0.5) is 0 Å². The molecule has 0 spiro atoms. The van der Waals surface area contributed by atoms with E-state index >= 15 is 0 Å². The Labute approximate surface area is 127 Å². The van der Waals surface area contributed by atoms with Gasteiger partial charge in [-0.25, -0.2) is 4.79 Å². The van der Waals surface area contributed by atoms with E-state index in [1.807, 2.05) is 0 Å². The smallest absolute Gasteiger partial charge is 0.336 e. The molecule has 2 bridgehead atoms. The maximum Gasteiger partial charge on any atom is 0.336 e. The van der Waals surface area contributed by atoms with E-state index in [1.165, 1.54) is 0 Å². The highest BCUT2D eigenvalue weighted by Gasteiger charge is 2.41. The summed E-state index contributed by atoms with van der Waals surface area (Å²) >= 11 is 6.23. The maximum absolute atomic E-state index is 11.9. The summed E-state index contributed by atoms with van der Waals surface area (Å²) in [6.45, 7) is 0. The monoisotopic (exact) mass is 302 g/mol. The van der Waals surface area contributed by atoms with Gasteiger partial charge in [0.2, 0.25) is 0 Å². The normalized spacial score (nSPS) is 24.3. The molecule has 2 atom stereocenters. The first-order valence-corrected chi connectivity index (χ1v) is 7.52. The third-order valence-corrected chi connectivity index (χ3v) is 5.21. The first kappa shape index (κ1) is 13.0. The summed E-state index contributed by atoms with van der Waals surface area (Å²) in [6.07, 6.45) is 2.91. The van der Waals surface area contributed by atoms with Crippen LogP contribution in [0.1, 0.15) is 40.5 Å². The molecule has 2 unspecified atom stereocenters. The molecule has 3 heterocycles. The van der Waals surface area contributed by atoms with E-state index in [4.69, 9.17) is 16.6 Å². The second kappa shape index (κ2) is 4.42. The van der Waals surface area contributed by atoms with Gasteiger partial charge < -0.3 is 5.11 Å². The molecule has 4 rings (SSSR count). The molecule has 4 nitrogen and oxygen atoms in total. The summed E-state index contributed by atoms with van der Waals surface area (Å²) in [5, 5.41) is 10.9. The Kier molecular flexibility index (Phi) is 2.75. The zero-order valence-corrected chi connectivity index (χ0v) is 12.4. The second-order valence-electron chi connectivity index (χ2n) is 5.90. The third kappa shape index (κ3) is 1.72. The summed E-state index contributed by atoms with van der Waals surface area (Å²) in [5.74, 6) is -0.889. The molecular formula is C16H15ClN2O2. The molecule has 2 aliphatic rings. The number of aromatic carboxylic acids is 1. The van der Waals surface area contributed by atoms with Gasteiger partial charge >= 0.3 is 5.97 Å². The van der Waals surface area contributed by atoms with E-state index in [-0.39, 0.29) is 6.04 Å². The van der Waals surface area contributed by atoms with E-state index in [9.17, 15) is 9.90 Å². The van der Waals surface area contributed by atoms with Crippen molar-refractivity contribution in [2.45, 2.75) is 31.3 Å². The summed E-state index contributed by atoms with van der Waals surface area (Å²) in [4.78, 5) is 18.9. The summed E-state index contributed by atoms with van der Waals surface area (Å²) in [5.41, 5.74) is 2.81. The first-order valence-electron chi connectivity index (χ1n) is 7.14. The molecular weight excluding hydrogens is 288 g/mol. The quantitative estimate of drug-likeness (QED) is 0.878. The molecule has 1 N–H and O–H groups in total. The fourth-order valence-electron chi connectivity index (χ4n) is 3.89. The lowest BCUT2D eigenvalue weighted by atomic mass is 9.91. The van der Waals surface area contributed by atoms with Crippen molar-refractivity contribution < 1.29 is 9.90 Å². The van der Waals surface area contributed by atoms with Crippen molar-refractivity contribution in [1.82, 2.24) is 9.88 Å². The lowest BCUT2D eigenvalue weighted by molar-refractivity contribution is 0.0694. The molecule has 5 heteroatoms. The summed E-state index contributed by atoms with van der Waals surface area (Å²) in [7, 11) is 2.08. The third-order valence-electron chi connectivity index (χ3n) is 4.90. The average molecular weight is 303 g/mol. The van der Waals surface area contributed by atoms with E-state index in [0.29, 0.717) is 27.5 Å². The number of benzene rings is 1. The number of carboxylic acid groups (broad SMARTS) is 1. The van der Waals surface area contributed by atoms with Crippen LogP contribution in [0.15, 0.2) is 18.2 Å². The van der Waals surface area contributed by atoms with Gasteiger partial charge in [0.05, 0.1) is 16.1 Å². The molecule has 21 heavy (non-hydrogen) atoms. The van der Waals surface area contributed by atoms with Gasteiger partial charge in [-0.3, -0.25) is 9.88 Å². The number of carbonyl (C=O) groups is 1. The van der Waals surface area contributed by atoms with Gasteiger partial charge in [-0.2, -0.15) is 0 Å². The zero-order chi connectivity index (χ0) is 14.7. The van der Waals surface area contributed by atoms with Crippen molar-refractivity contribution in [3.05, 3.63) is 40.0 Å². The first-order chi connectivity index (χ1) is 10.1. The van der Waals surface area contributed by atoms with Gasteiger partial charge in [-0.05, 0) is 26.0 Å². The van der Waals surface area contributed by atoms with Crippen LogP contribution in [0.25, 0.3) is 10.9 Å². The number of rotatable bonds is 1. The highest BCUT2D eigenvalue weighted by atomic mass is 35.5. The minimum absolute atomic E-state index is 0.167. The minimum atomic E-state index is -0.889. The Hall–Kier alpha value is -1.65. The Morgan fingerprint density at radius 2 is 2.24 bits per heavy atom. The molecule has 0 amide bonds. The Morgan fingerprint density at radius 1 is 1.43 bits per heavy atom. The van der Waals surface area contributed by atoms with Crippen LogP contribution in [0.2, 0.25) is 5.02 Å². The Morgan fingerprint density at radius 3 is 3.00 bits per heavy atom. The topological polar surface area (TPSA) is 53.4 Å². The standard InChI is InChI=1S/C16H15ClN2O2/c1-19-8-5-6-12(19)14-11(7-8)18-15-9(13(14)16(20)21)3-2-4-10(15)17/h2-4,8,12H,5-7H2,1H3,(H,20,21). The van der Waals surface area contributed by atoms with Gasteiger partial charge in [0.1, 0.15) is 0 Å². The molecule has 1 saturated heterocycles. The maximum atomic E-state index is 11.9. The van der Waals surface area contributed by atoms with E-state index in [2.05, 4.69) is 11.9 Å². The predicted octanol–water partition coefficient (Wildman–Crippen LogP) is 3.28.